The van der Waals surface area contributed by atoms with Crippen LogP contribution in [0.1, 0.15) is 42.5 Å². The monoisotopic (exact) mass is 309 g/mol. The van der Waals surface area contributed by atoms with Gasteiger partial charge in [-0.15, -0.1) is 0 Å². The van der Waals surface area contributed by atoms with E-state index in [1.54, 1.807) is 0 Å². The van der Waals surface area contributed by atoms with E-state index in [0.29, 0.717) is 5.92 Å². The summed E-state index contributed by atoms with van der Waals surface area (Å²) in [5.74, 6) is 2.24. The van der Waals surface area contributed by atoms with Gasteiger partial charge in [0.2, 0.25) is 0 Å². The second kappa shape index (κ2) is 6.46. The van der Waals surface area contributed by atoms with Crippen molar-refractivity contribution >= 4 is 11.0 Å². The molecule has 1 N–H and O–H groups in total. The lowest BCUT2D eigenvalue weighted by Gasteiger charge is -2.15. The highest BCUT2D eigenvalue weighted by Crippen LogP contribution is 2.16. The highest BCUT2D eigenvalue weighted by atomic mass is 15.1. The summed E-state index contributed by atoms with van der Waals surface area (Å²) in [6, 6.07) is 6.21. The van der Waals surface area contributed by atoms with Gasteiger partial charge in [-0.05, 0) is 25.6 Å². The molecule has 0 spiro atoms. The predicted molar refractivity (Wildman–Crippen MR) is 92.1 cm³/mol. The third-order valence-corrected chi connectivity index (χ3v) is 3.88. The summed E-state index contributed by atoms with van der Waals surface area (Å²) >= 11 is 0. The van der Waals surface area contributed by atoms with E-state index in [4.69, 9.17) is 4.98 Å². The fourth-order valence-electron chi connectivity index (χ4n) is 2.67. The van der Waals surface area contributed by atoms with Crippen LogP contribution in [0.2, 0.25) is 0 Å². The lowest BCUT2D eigenvalue weighted by Crippen LogP contribution is -2.18. The number of benzene rings is 1. The Morgan fingerprint density at radius 3 is 2.52 bits per heavy atom. The molecule has 0 unspecified atom stereocenters. The number of hydrogen-bond acceptors (Lipinski definition) is 4. The zero-order valence-electron chi connectivity index (χ0n) is 14.2. The summed E-state index contributed by atoms with van der Waals surface area (Å²) in [6.45, 7) is 7.86. The number of rotatable bonds is 5. The summed E-state index contributed by atoms with van der Waals surface area (Å²) in [6.07, 6.45) is 3.84. The quantitative estimate of drug-likeness (QED) is 0.784. The SMILES string of the molecule is Cc1cccc2[nH]c(CN(C)Cc3cnc(C(C)C)nc3)nc12. The molecule has 0 aliphatic carbocycles. The average molecular weight is 309 g/mol. The Morgan fingerprint density at radius 2 is 1.87 bits per heavy atom. The van der Waals surface area contributed by atoms with Crippen molar-refractivity contribution in [3.63, 3.8) is 0 Å². The molecule has 0 saturated heterocycles. The third kappa shape index (κ3) is 3.56. The van der Waals surface area contributed by atoms with Gasteiger partial charge in [0.15, 0.2) is 0 Å². The molecule has 120 valence electrons. The zero-order chi connectivity index (χ0) is 16.4. The second-order valence-electron chi connectivity index (χ2n) is 6.43. The molecular weight excluding hydrogens is 286 g/mol. The van der Waals surface area contributed by atoms with Crippen LogP contribution in [0.5, 0.6) is 0 Å². The van der Waals surface area contributed by atoms with Crippen molar-refractivity contribution in [3.05, 3.63) is 53.4 Å². The maximum Gasteiger partial charge on any atom is 0.130 e. The van der Waals surface area contributed by atoms with Gasteiger partial charge in [-0.25, -0.2) is 15.0 Å². The number of para-hydroxylation sites is 1. The van der Waals surface area contributed by atoms with Gasteiger partial charge >= 0.3 is 0 Å². The number of aromatic nitrogens is 4. The molecule has 5 heteroatoms. The van der Waals surface area contributed by atoms with Crippen molar-refractivity contribution in [2.24, 2.45) is 0 Å². The van der Waals surface area contributed by atoms with Crippen LogP contribution in [0.4, 0.5) is 0 Å². The molecule has 0 aliphatic heterocycles. The van der Waals surface area contributed by atoms with Crippen molar-refractivity contribution < 1.29 is 0 Å². The van der Waals surface area contributed by atoms with Crippen LogP contribution in [0, 0.1) is 6.92 Å². The number of nitrogens with zero attached hydrogens (tertiary/aromatic N) is 4. The molecule has 0 saturated carbocycles. The van der Waals surface area contributed by atoms with Gasteiger partial charge < -0.3 is 4.98 Å². The van der Waals surface area contributed by atoms with E-state index in [1.807, 2.05) is 12.4 Å². The first kappa shape index (κ1) is 15.6. The van der Waals surface area contributed by atoms with Crippen LogP contribution in [0.3, 0.4) is 0 Å². The minimum atomic E-state index is 0.362. The second-order valence-corrected chi connectivity index (χ2v) is 6.43. The maximum absolute atomic E-state index is 4.70. The van der Waals surface area contributed by atoms with Gasteiger partial charge in [0, 0.05) is 30.4 Å². The van der Waals surface area contributed by atoms with Crippen LogP contribution in [-0.2, 0) is 13.1 Å². The Hall–Kier alpha value is -2.27. The van der Waals surface area contributed by atoms with E-state index >= 15 is 0 Å². The number of hydrogen-bond donors (Lipinski definition) is 1. The Balaban J connectivity index is 1.68. The Morgan fingerprint density at radius 1 is 1.13 bits per heavy atom. The lowest BCUT2D eigenvalue weighted by atomic mass is 10.2. The number of aromatic amines is 1. The van der Waals surface area contributed by atoms with Crippen molar-refractivity contribution in [2.75, 3.05) is 7.05 Å². The van der Waals surface area contributed by atoms with Crippen molar-refractivity contribution in [3.8, 4) is 0 Å². The van der Waals surface area contributed by atoms with Crippen molar-refractivity contribution in [1.29, 1.82) is 0 Å². The molecule has 0 atom stereocenters. The Labute approximate surface area is 136 Å². The molecule has 5 nitrogen and oxygen atoms in total. The third-order valence-electron chi connectivity index (χ3n) is 3.88. The van der Waals surface area contributed by atoms with Crippen LogP contribution in [0.15, 0.2) is 30.6 Å². The minimum absolute atomic E-state index is 0.362. The molecule has 2 aromatic heterocycles. The van der Waals surface area contributed by atoms with Crippen molar-refractivity contribution in [2.45, 2.75) is 39.8 Å². The van der Waals surface area contributed by atoms with E-state index in [0.717, 1.165) is 41.3 Å². The standard InChI is InChI=1S/C18H23N5/c1-12(2)18-19-8-14(9-20-18)10-23(4)11-16-21-15-7-5-6-13(3)17(15)22-16/h5-9,12H,10-11H2,1-4H3,(H,21,22). The first-order valence-corrected chi connectivity index (χ1v) is 7.96. The highest BCUT2D eigenvalue weighted by molar-refractivity contribution is 5.78. The van der Waals surface area contributed by atoms with Crippen molar-refractivity contribution in [1.82, 2.24) is 24.8 Å². The normalized spacial score (nSPS) is 11.7. The molecule has 0 bridgehead atoms. The number of nitrogens with one attached hydrogen (secondary N) is 1. The zero-order valence-corrected chi connectivity index (χ0v) is 14.2. The average Bonchev–Trinajstić information content (AvgIpc) is 2.91. The molecule has 2 heterocycles. The summed E-state index contributed by atoms with van der Waals surface area (Å²) in [5, 5.41) is 0. The largest absolute Gasteiger partial charge is 0.341 e. The fraction of sp³-hybridized carbons (Fsp3) is 0.389. The van der Waals surface area contributed by atoms with Gasteiger partial charge in [0.25, 0.3) is 0 Å². The van der Waals surface area contributed by atoms with Gasteiger partial charge in [-0.1, -0.05) is 26.0 Å². The van der Waals surface area contributed by atoms with E-state index in [9.17, 15) is 0 Å². The minimum Gasteiger partial charge on any atom is -0.341 e. The molecular formula is C18H23N5. The van der Waals surface area contributed by atoms with E-state index < -0.39 is 0 Å². The highest BCUT2D eigenvalue weighted by Gasteiger charge is 2.09. The van der Waals surface area contributed by atoms with Gasteiger partial charge in [0.05, 0.1) is 17.6 Å². The number of imidazole rings is 1. The lowest BCUT2D eigenvalue weighted by molar-refractivity contribution is 0.311. The van der Waals surface area contributed by atoms with Crippen LogP contribution in [0.25, 0.3) is 11.0 Å². The Kier molecular flexibility index (Phi) is 4.39. The molecule has 3 aromatic rings. The molecule has 1 aromatic carbocycles. The summed E-state index contributed by atoms with van der Waals surface area (Å²) in [5.41, 5.74) is 4.47. The van der Waals surface area contributed by atoms with Crippen LogP contribution < -0.4 is 0 Å². The van der Waals surface area contributed by atoms with Crippen LogP contribution in [-0.4, -0.2) is 31.9 Å². The van der Waals surface area contributed by atoms with E-state index in [-0.39, 0.29) is 0 Å². The molecule has 0 aliphatic rings. The fourth-order valence-corrected chi connectivity index (χ4v) is 2.67. The first-order chi connectivity index (χ1) is 11.0. The van der Waals surface area contributed by atoms with Gasteiger partial charge in [0.1, 0.15) is 11.6 Å². The van der Waals surface area contributed by atoms with E-state index in [1.165, 1.54) is 5.56 Å². The molecule has 23 heavy (non-hydrogen) atoms. The topological polar surface area (TPSA) is 57.7 Å². The number of fused-ring (bicyclic) bond motifs is 1. The predicted octanol–water partition coefficient (Wildman–Crippen LogP) is 3.42. The smallest absolute Gasteiger partial charge is 0.130 e. The number of aryl methyl sites for hydroxylation is 1. The summed E-state index contributed by atoms with van der Waals surface area (Å²) < 4.78 is 0. The maximum atomic E-state index is 4.70. The molecule has 0 amide bonds. The summed E-state index contributed by atoms with van der Waals surface area (Å²) in [7, 11) is 2.08. The summed E-state index contributed by atoms with van der Waals surface area (Å²) in [4.78, 5) is 19.2. The van der Waals surface area contributed by atoms with Gasteiger partial charge in [-0.3, -0.25) is 4.90 Å². The van der Waals surface area contributed by atoms with Crippen LogP contribution >= 0.6 is 0 Å². The van der Waals surface area contributed by atoms with E-state index in [2.05, 4.69) is 65.9 Å². The molecule has 0 fully saturated rings. The molecule has 0 radical (unpaired) electrons. The molecule has 3 rings (SSSR count). The first-order valence-electron chi connectivity index (χ1n) is 7.96. The number of H-pyrrole nitrogens is 1. The Bertz CT molecular complexity index is 789. The van der Waals surface area contributed by atoms with Gasteiger partial charge in [-0.2, -0.15) is 0 Å².